The molecule has 0 fully saturated rings. The number of furan rings is 1. The van der Waals surface area contributed by atoms with Crippen LogP contribution in [-0.2, 0) is 0 Å². The first kappa shape index (κ1) is 31.9. The molecule has 0 bridgehead atoms. The summed E-state index contributed by atoms with van der Waals surface area (Å²) in [6, 6.07) is 67.5. The molecule has 0 amide bonds. The topological polar surface area (TPSA) is 43.3 Å². The van der Waals surface area contributed by atoms with Crippen LogP contribution in [0.2, 0.25) is 0 Å². The zero-order valence-electron chi connectivity index (χ0n) is 32.1. The first-order valence-electron chi connectivity index (χ1n) is 20.5. The average molecular weight is 762 g/mol. The highest BCUT2D eigenvalue weighted by Crippen LogP contribution is 2.44. The van der Waals surface area contributed by atoms with Crippen molar-refractivity contribution in [3.05, 3.63) is 188 Å². The zero-order chi connectivity index (χ0) is 39.1. The highest BCUT2D eigenvalue weighted by Gasteiger charge is 2.21. The summed E-state index contributed by atoms with van der Waals surface area (Å²) < 4.78 is 9.06. The van der Waals surface area contributed by atoms with Crippen molar-refractivity contribution in [2.45, 2.75) is 0 Å². The summed E-state index contributed by atoms with van der Waals surface area (Å²) in [5, 5.41) is 15.4. The highest BCUT2D eigenvalue weighted by atomic mass is 16.3. The van der Waals surface area contributed by atoms with Crippen molar-refractivity contribution in [1.82, 2.24) is 14.4 Å². The summed E-state index contributed by atoms with van der Waals surface area (Å²) in [7, 11) is 0. The molecule has 0 unspecified atom stereocenters. The van der Waals surface area contributed by atoms with E-state index >= 15 is 0 Å². The lowest BCUT2D eigenvalue weighted by molar-refractivity contribution is 0.669. The lowest BCUT2D eigenvalue weighted by atomic mass is 9.93. The second kappa shape index (κ2) is 11.8. The van der Waals surface area contributed by atoms with Crippen molar-refractivity contribution in [1.29, 1.82) is 0 Å². The van der Waals surface area contributed by atoms with Crippen LogP contribution >= 0.6 is 0 Å². The smallest absolute Gasteiger partial charge is 0.161 e. The van der Waals surface area contributed by atoms with Gasteiger partial charge in [-0.25, -0.2) is 9.97 Å². The number of para-hydroxylation sites is 2. The van der Waals surface area contributed by atoms with Crippen LogP contribution in [-0.4, -0.2) is 14.4 Å². The van der Waals surface area contributed by atoms with Gasteiger partial charge in [-0.2, -0.15) is 0 Å². The Bertz CT molecular complexity index is 4120. The van der Waals surface area contributed by atoms with E-state index in [0.29, 0.717) is 5.82 Å². The van der Waals surface area contributed by atoms with Gasteiger partial charge >= 0.3 is 0 Å². The minimum absolute atomic E-state index is 0.697. The molecule has 0 N–H and O–H groups in total. The van der Waals surface area contributed by atoms with E-state index in [2.05, 4.69) is 192 Å². The predicted molar refractivity (Wildman–Crippen MR) is 250 cm³/mol. The summed E-state index contributed by atoms with van der Waals surface area (Å²) in [4.78, 5) is 10.9. The fraction of sp³-hybridized carbons (Fsp3) is 0. The van der Waals surface area contributed by atoms with Gasteiger partial charge < -0.3 is 8.82 Å². The summed E-state index contributed by atoms with van der Waals surface area (Å²) in [5.41, 5.74) is 11.6. The van der Waals surface area contributed by atoms with Crippen LogP contribution in [0.15, 0.2) is 192 Å². The van der Waals surface area contributed by atoms with E-state index in [1.165, 1.54) is 54.3 Å². The largest absolute Gasteiger partial charge is 0.456 e. The van der Waals surface area contributed by atoms with Crippen molar-refractivity contribution < 1.29 is 4.42 Å². The second-order valence-electron chi connectivity index (χ2n) is 16.1. The molecule has 10 aromatic carbocycles. The lowest BCUT2D eigenvalue weighted by Crippen LogP contribution is -1.98. The molecule has 60 heavy (non-hydrogen) atoms. The summed E-state index contributed by atoms with van der Waals surface area (Å²) in [6.45, 7) is 0. The van der Waals surface area contributed by atoms with Gasteiger partial charge in [-0.05, 0) is 80.5 Å². The van der Waals surface area contributed by atoms with Crippen molar-refractivity contribution in [2.24, 2.45) is 0 Å². The van der Waals surface area contributed by atoms with E-state index in [9.17, 15) is 0 Å². The Morgan fingerprint density at radius 3 is 1.85 bits per heavy atom. The SMILES string of the molecule is c1ccc(-c2nc(-c3ccccc3-c3ccc4oc5cc6cc7c(cc6cc5c4c3)c3cccc4c5ccccc5n7c43)nc3c4ccccc4c4ccccc4c23)cc1. The number of aromatic nitrogens is 3. The van der Waals surface area contributed by atoms with Gasteiger partial charge in [0, 0.05) is 54.2 Å². The maximum Gasteiger partial charge on any atom is 0.161 e. The molecule has 14 rings (SSSR count). The van der Waals surface area contributed by atoms with Crippen LogP contribution in [0.5, 0.6) is 0 Å². The summed E-state index contributed by atoms with van der Waals surface area (Å²) in [5.74, 6) is 0.697. The zero-order valence-corrected chi connectivity index (χ0v) is 32.1. The van der Waals surface area contributed by atoms with Gasteiger partial charge in [0.15, 0.2) is 5.82 Å². The third-order valence-electron chi connectivity index (χ3n) is 12.9. The maximum atomic E-state index is 6.62. The Morgan fingerprint density at radius 2 is 1.00 bits per heavy atom. The van der Waals surface area contributed by atoms with E-state index in [1.54, 1.807) is 0 Å². The van der Waals surface area contributed by atoms with Crippen molar-refractivity contribution in [3.8, 4) is 33.8 Å². The molecule has 4 aromatic heterocycles. The molecule has 0 saturated heterocycles. The maximum absolute atomic E-state index is 6.62. The second-order valence-corrected chi connectivity index (χ2v) is 16.1. The van der Waals surface area contributed by atoms with Crippen LogP contribution in [0, 0.1) is 0 Å². The van der Waals surface area contributed by atoms with Crippen LogP contribution in [0.3, 0.4) is 0 Å². The van der Waals surface area contributed by atoms with E-state index < -0.39 is 0 Å². The van der Waals surface area contributed by atoms with Crippen LogP contribution in [0.4, 0.5) is 0 Å². The fourth-order valence-electron chi connectivity index (χ4n) is 10.2. The van der Waals surface area contributed by atoms with Crippen LogP contribution in [0.25, 0.3) is 137 Å². The minimum Gasteiger partial charge on any atom is -0.456 e. The van der Waals surface area contributed by atoms with E-state index in [4.69, 9.17) is 14.4 Å². The number of fused-ring (bicyclic) bond motifs is 16. The monoisotopic (exact) mass is 761 g/mol. The molecule has 0 aliphatic carbocycles. The average Bonchev–Trinajstić information content (AvgIpc) is 3.96. The Hall–Kier alpha value is -8.08. The van der Waals surface area contributed by atoms with Crippen molar-refractivity contribution in [2.75, 3.05) is 0 Å². The van der Waals surface area contributed by atoms with Crippen LogP contribution in [0.1, 0.15) is 0 Å². The Kier molecular flexibility index (Phi) is 6.26. The Labute approximate surface area is 342 Å². The first-order valence-corrected chi connectivity index (χ1v) is 20.5. The van der Waals surface area contributed by atoms with Crippen molar-refractivity contribution >= 4 is 103 Å². The molecule has 4 heteroatoms. The molecule has 0 aliphatic rings. The normalized spacial score (nSPS) is 12.3. The standard InChI is InChI=1S/C56H31N3O/c1-2-13-32(14-3-1)53-52-40-19-7-5-16-37(40)38-17-6-8-20-41(38)54(52)58-56(57-53)44-21-9-4-15-36(44)33-25-26-50-46(27-33)47-29-34-28-45-43-23-12-22-42-39-18-10-11-24-48(39)59(55(42)43)49(45)30-35(34)31-51(47)60-50/h1-31H. The fourth-order valence-corrected chi connectivity index (χ4v) is 10.2. The molecular weight excluding hydrogens is 731 g/mol. The molecule has 0 radical (unpaired) electrons. The highest BCUT2D eigenvalue weighted by molar-refractivity contribution is 6.28. The van der Waals surface area contributed by atoms with E-state index in [1.807, 2.05) is 0 Å². The number of nitrogens with zero attached hydrogens (tertiary/aromatic N) is 3. The molecule has 14 aromatic rings. The quantitative estimate of drug-likeness (QED) is 0.168. The van der Waals surface area contributed by atoms with Crippen LogP contribution < -0.4 is 0 Å². The molecule has 0 saturated carbocycles. The number of hydrogen-bond donors (Lipinski definition) is 0. The van der Waals surface area contributed by atoms with E-state index in [-0.39, 0.29) is 0 Å². The molecule has 0 spiro atoms. The van der Waals surface area contributed by atoms with Gasteiger partial charge in [0.25, 0.3) is 0 Å². The van der Waals surface area contributed by atoms with Gasteiger partial charge in [0.1, 0.15) is 11.2 Å². The van der Waals surface area contributed by atoms with Gasteiger partial charge in [-0.3, -0.25) is 0 Å². The molecule has 4 nitrogen and oxygen atoms in total. The molecule has 4 heterocycles. The summed E-state index contributed by atoms with van der Waals surface area (Å²) in [6.07, 6.45) is 0. The van der Waals surface area contributed by atoms with Gasteiger partial charge in [-0.15, -0.1) is 0 Å². The van der Waals surface area contributed by atoms with E-state index in [0.717, 1.165) is 76.9 Å². The third-order valence-corrected chi connectivity index (χ3v) is 12.9. The summed E-state index contributed by atoms with van der Waals surface area (Å²) >= 11 is 0. The number of hydrogen-bond acceptors (Lipinski definition) is 3. The molecule has 0 atom stereocenters. The third kappa shape index (κ3) is 4.29. The number of rotatable bonds is 3. The molecule has 276 valence electrons. The van der Waals surface area contributed by atoms with Crippen molar-refractivity contribution in [3.63, 3.8) is 0 Å². The van der Waals surface area contributed by atoms with Gasteiger partial charge in [0.2, 0.25) is 0 Å². The minimum atomic E-state index is 0.697. The predicted octanol–water partition coefficient (Wildman–Crippen LogP) is 15.1. The molecular formula is C56H31N3O. The Balaban J connectivity index is 0.982. The lowest BCUT2D eigenvalue weighted by Gasteiger charge is -2.16. The first-order chi connectivity index (χ1) is 29.7. The molecule has 0 aliphatic heterocycles. The van der Waals surface area contributed by atoms with Gasteiger partial charge in [0.05, 0.1) is 27.8 Å². The Morgan fingerprint density at radius 1 is 0.367 bits per heavy atom. The number of benzene rings is 10. The van der Waals surface area contributed by atoms with Gasteiger partial charge in [-0.1, -0.05) is 146 Å².